The van der Waals surface area contributed by atoms with Crippen LogP contribution in [0.15, 0.2) is 12.1 Å². The lowest BCUT2D eigenvalue weighted by Crippen LogP contribution is -2.36. The molecule has 0 aromatic carbocycles. The Morgan fingerprint density at radius 2 is 2.45 bits per heavy atom. The normalized spacial score (nSPS) is 20.6. The molecule has 0 radical (unpaired) electrons. The van der Waals surface area contributed by atoms with E-state index in [1.807, 2.05) is 12.1 Å². The lowest BCUT2D eigenvalue weighted by atomic mass is 10.1. The second-order valence-electron chi connectivity index (χ2n) is 4.89. The molecule has 2 heterocycles. The highest BCUT2D eigenvalue weighted by molar-refractivity contribution is 7.16. The van der Waals surface area contributed by atoms with Crippen molar-refractivity contribution in [2.45, 2.75) is 44.9 Å². The number of amides is 1. The molecule has 1 aromatic heterocycles. The summed E-state index contributed by atoms with van der Waals surface area (Å²) in [6.45, 7) is 3.54. The smallest absolute Gasteiger partial charge is 0.249 e. The number of ether oxygens (including phenoxy) is 2. The van der Waals surface area contributed by atoms with Gasteiger partial charge in [-0.1, -0.05) is 11.6 Å². The first kappa shape index (κ1) is 15.8. The number of hydrogen-bond donors (Lipinski definition) is 1. The van der Waals surface area contributed by atoms with Gasteiger partial charge in [-0.2, -0.15) is 0 Å². The van der Waals surface area contributed by atoms with Crippen LogP contribution in [0.3, 0.4) is 0 Å². The summed E-state index contributed by atoms with van der Waals surface area (Å²) in [7, 11) is 0. The Morgan fingerprint density at radius 1 is 1.60 bits per heavy atom. The second-order valence-corrected chi connectivity index (χ2v) is 6.69. The number of thiophene rings is 1. The Hall–Kier alpha value is -0.620. The summed E-state index contributed by atoms with van der Waals surface area (Å²) in [5, 5.41) is 2.85. The van der Waals surface area contributed by atoms with Crippen LogP contribution in [0, 0.1) is 0 Å². The Morgan fingerprint density at radius 3 is 3.10 bits per heavy atom. The van der Waals surface area contributed by atoms with Crippen LogP contribution >= 0.6 is 22.9 Å². The average Bonchev–Trinajstić information content (AvgIpc) is 2.89. The predicted molar refractivity (Wildman–Crippen MR) is 80.2 cm³/mol. The van der Waals surface area contributed by atoms with Crippen LogP contribution in [0.2, 0.25) is 4.34 Å². The third-order valence-electron chi connectivity index (χ3n) is 3.24. The summed E-state index contributed by atoms with van der Waals surface area (Å²) in [6, 6.07) is 3.74. The topological polar surface area (TPSA) is 47.6 Å². The summed E-state index contributed by atoms with van der Waals surface area (Å²) in [6.07, 6.45) is 2.98. The molecule has 2 rings (SSSR count). The van der Waals surface area contributed by atoms with Crippen molar-refractivity contribution in [2.75, 3.05) is 13.2 Å². The molecular formula is C14H20ClNO3S. The molecule has 1 N–H and O–H groups in total. The van der Waals surface area contributed by atoms with Crippen molar-refractivity contribution in [2.24, 2.45) is 0 Å². The van der Waals surface area contributed by atoms with Gasteiger partial charge in [0.25, 0.3) is 0 Å². The quantitative estimate of drug-likeness (QED) is 0.877. The van der Waals surface area contributed by atoms with E-state index in [9.17, 15) is 4.79 Å². The van der Waals surface area contributed by atoms with Crippen LogP contribution in [0.5, 0.6) is 0 Å². The van der Waals surface area contributed by atoms with Gasteiger partial charge in [0.05, 0.1) is 23.6 Å². The van der Waals surface area contributed by atoms with Crippen LogP contribution in [-0.2, 0) is 20.8 Å². The van der Waals surface area contributed by atoms with Crippen molar-refractivity contribution in [3.8, 4) is 0 Å². The summed E-state index contributed by atoms with van der Waals surface area (Å²) < 4.78 is 11.9. The molecule has 4 nitrogen and oxygen atoms in total. The van der Waals surface area contributed by atoms with Gasteiger partial charge in [-0.05, 0) is 38.3 Å². The van der Waals surface area contributed by atoms with Gasteiger partial charge in [0.2, 0.25) is 5.91 Å². The van der Waals surface area contributed by atoms with E-state index in [-0.39, 0.29) is 12.0 Å². The summed E-state index contributed by atoms with van der Waals surface area (Å²) in [5.41, 5.74) is 0. The average molecular weight is 318 g/mol. The van der Waals surface area contributed by atoms with Crippen LogP contribution in [0.4, 0.5) is 0 Å². The van der Waals surface area contributed by atoms with Crippen molar-refractivity contribution >= 4 is 28.8 Å². The highest BCUT2D eigenvalue weighted by atomic mass is 35.5. The summed E-state index contributed by atoms with van der Waals surface area (Å²) in [4.78, 5) is 12.9. The Balaban J connectivity index is 1.66. The summed E-state index contributed by atoms with van der Waals surface area (Å²) in [5.74, 6) is -0.106. The van der Waals surface area contributed by atoms with Gasteiger partial charge in [0.15, 0.2) is 0 Å². The molecule has 6 heteroatoms. The maximum Gasteiger partial charge on any atom is 0.249 e. The summed E-state index contributed by atoms with van der Waals surface area (Å²) >= 11 is 7.31. The predicted octanol–water partition coefficient (Wildman–Crippen LogP) is 2.99. The van der Waals surface area contributed by atoms with E-state index < -0.39 is 6.10 Å². The molecule has 1 aliphatic rings. The molecule has 1 aliphatic heterocycles. The highest BCUT2D eigenvalue weighted by Gasteiger charge is 2.18. The van der Waals surface area contributed by atoms with E-state index in [1.165, 1.54) is 17.8 Å². The molecule has 0 saturated carbocycles. The minimum atomic E-state index is -0.462. The monoisotopic (exact) mass is 317 g/mol. The van der Waals surface area contributed by atoms with E-state index in [0.717, 1.165) is 28.7 Å². The highest BCUT2D eigenvalue weighted by Crippen LogP contribution is 2.21. The SMILES string of the molecule is C[C@H](OC[C@@H]1CCCCO1)C(=O)NCc1ccc(Cl)s1. The first-order valence-corrected chi connectivity index (χ1v) is 8.09. The van der Waals surface area contributed by atoms with E-state index in [2.05, 4.69) is 5.32 Å². The van der Waals surface area contributed by atoms with Crippen molar-refractivity contribution in [3.05, 3.63) is 21.3 Å². The fourth-order valence-corrected chi connectivity index (χ4v) is 3.06. The molecule has 1 fully saturated rings. The largest absolute Gasteiger partial charge is 0.376 e. The maximum atomic E-state index is 11.9. The van der Waals surface area contributed by atoms with Crippen LogP contribution in [0.1, 0.15) is 31.1 Å². The first-order valence-electron chi connectivity index (χ1n) is 6.90. The molecule has 1 saturated heterocycles. The van der Waals surface area contributed by atoms with E-state index in [1.54, 1.807) is 6.92 Å². The van der Waals surface area contributed by atoms with Crippen LogP contribution in [0.25, 0.3) is 0 Å². The first-order chi connectivity index (χ1) is 9.65. The molecular weight excluding hydrogens is 298 g/mol. The number of carbonyl (C=O) groups excluding carboxylic acids is 1. The molecule has 0 unspecified atom stereocenters. The Bertz CT molecular complexity index is 432. The van der Waals surface area contributed by atoms with E-state index in [0.29, 0.717) is 13.2 Å². The zero-order chi connectivity index (χ0) is 14.4. The van der Waals surface area contributed by atoms with Crippen molar-refractivity contribution in [3.63, 3.8) is 0 Å². The molecule has 0 bridgehead atoms. The Kier molecular flexibility index (Phi) is 6.29. The van der Waals surface area contributed by atoms with Crippen molar-refractivity contribution in [1.29, 1.82) is 0 Å². The molecule has 0 spiro atoms. The van der Waals surface area contributed by atoms with E-state index in [4.69, 9.17) is 21.1 Å². The zero-order valence-corrected chi connectivity index (χ0v) is 13.1. The maximum absolute atomic E-state index is 11.9. The van der Waals surface area contributed by atoms with Crippen LogP contribution in [-0.4, -0.2) is 31.3 Å². The third kappa shape index (κ3) is 5.05. The van der Waals surface area contributed by atoms with Gasteiger partial charge in [-0.15, -0.1) is 11.3 Å². The minimum absolute atomic E-state index is 0.106. The number of rotatable bonds is 6. The molecule has 2 atom stereocenters. The molecule has 112 valence electrons. The number of halogens is 1. The second kappa shape index (κ2) is 7.98. The van der Waals surface area contributed by atoms with Gasteiger partial charge < -0.3 is 14.8 Å². The zero-order valence-electron chi connectivity index (χ0n) is 11.6. The molecule has 1 amide bonds. The Labute approximate surface area is 128 Å². The van der Waals surface area contributed by atoms with Gasteiger partial charge >= 0.3 is 0 Å². The van der Waals surface area contributed by atoms with Gasteiger partial charge in [0.1, 0.15) is 6.10 Å². The van der Waals surface area contributed by atoms with Gasteiger partial charge in [-0.25, -0.2) is 0 Å². The fraction of sp³-hybridized carbons (Fsp3) is 0.643. The molecule has 20 heavy (non-hydrogen) atoms. The minimum Gasteiger partial charge on any atom is -0.376 e. The standard InChI is InChI=1S/C14H20ClNO3S/c1-10(19-9-11-4-2-3-7-18-11)14(17)16-8-12-5-6-13(15)20-12/h5-6,10-11H,2-4,7-9H2,1H3,(H,16,17)/t10-,11-/m0/s1. The number of nitrogens with one attached hydrogen (secondary N) is 1. The molecule has 1 aromatic rings. The van der Waals surface area contributed by atoms with E-state index >= 15 is 0 Å². The van der Waals surface area contributed by atoms with Gasteiger partial charge in [0, 0.05) is 11.5 Å². The molecule has 0 aliphatic carbocycles. The van der Waals surface area contributed by atoms with Gasteiger partial charge in [-0.3, -0.25) is 4.79 Å². The third-order valence-corrected chi connectivity index (χ3v) is 4.47. The lowest BCUT2D eigenvalue weighted by Gasteiger charge is -2.23. The number of hydrogen-bond acceptors (Lipinski definition) is 4. The van der Waals surface area contributed by atoms with Crippen molar-refractivity contribution in [1.82, 2.24) is 5.32 Å². The fourth-order valence-electron chi connectivity index (χ4n) is 2.03. The van der Waals surface area contributed by atoms with Crippen LogP contribution < -0.4 is 5.32 Å². The lowest BCUT2D eigenvalue weighted by molar-refractivity contribution is -0.135. The van der Waals surface area contributed by atoms with Crippen molar-refractivity contribution < 1.29 is 14.3 Å². The number of carbonyl (C=O) groups is 1.